The smallest absolute Gasteiger partial charge is 0.115 e. The SMILES string of the molecule is CC1C=CC(OCc2cccnc2)=CC1. The summed E-state index contributed by atoms with van der Waals surface area (Å²) in [6, 6.07) is 3.94. The van der Waals surface area contributed by atoms with Crippen LogP contribution in [0, 0.1) is 5.92 Å². The Kier molecular flexibility index (Phi) is 3.18. The molecule has 15 heavy (non-hydrogen) atoms. The fourth-order valence-electron chi connectivity index (χ4n) is 1.46. The van der Waals surface area contributed by atoms with Crippen LogP contribution in [-0.4, -0.2) is 4.98 Å². The first kappa shape index (κ1) is 9.97. The molecule has 0 saturated carbocycles. The van der Waals surface area contributed by atoms with Gasteiger partial charge in [0.05, 0.1) is 0 Å². The molecule has 1 atom stereocenters. The highest BCUT2D eigenvalue weighted by atomic mass is 16.5. The van der Waals surface area contributed by atoms with Crippen LogP contribution in [0.15, 0.2) is 48.5 Å². The summed E-state index contributed by atoms with van der Waals surface area (Å²) >= 11 is 0. The molecule has 1 aliphatic rings. The van der Waals surface area contributed by atoms with Gasteiger partial charge in [0.25, 0.3) is 0 Å². The number of rotatable bonds is 3. The lowest BCUT2D eigenvalue weighted by Crippen LogP contribution is -1.98. The molecular weight excluding hydrogens is 186 g/mol. The molecule has 1 aromatic rings. The molecule has 1 aromatic heterocycles. The summed E-state index contributed by atoms with van der Waals surface area (Å²) in [4.78, 5) is 4.04. The van der Waals surface area contributed by atoms with E-state index in [-0.39, 0.29) is 0 Å². The minimum atomic E-state index is 0.596. The number of aromatic nitrogens is 1. The fourth-order valence-corrected chi connectivity index (χ4v) is 1.46. The number of ether oxygens (including phenoxy) is 1. The van der Waals surface area contributed by atoms with Gasteiger partial charge < -0.3 is 4.74 Å². The zero-order chi connectivity index (χ0) is 10.5. The van der Waals surface area contributed by atoms with Crippen LogP contribution >= 0.6 is 0 Å². The zero-order valence-electron chi connectivity index (χ0n) is 8.89. The molecule has 1 heterocycles. The first-order chi connectivity index (χ1) is 7.34. The minimum absolute atomic E-state index is 0.596. The Hall–Kier alpha value is -1.57. The molecule has 2 heteroatoms. The molecule has 0 spiro atoms. The second-order valence-corrected chi connectivity index (χ2v) is 3.83. The average molecular weight is 201 g/mol. The van der Waals surface area contributed by atoms with Crippen LogP contribution < -0.4 is 0 Å². The van der Waals surface area contributed by atoms with Gasteiger partial charge in [0, 0.05) is 18.0 Å². The van der Waals surface area contributed by atoms with Crippen LogP contribution in [0.4, 0.5) is 0 Å². The maximum Gasteiger partial charge on any atom is 0.115 e. The predicted octanol–water partition coefficient (Wildman–Crippen LogP) is 3.08. The van der Waals surface area contributed by atoms with E-state index in [1.807, 2.05) is 24.4 Å². The largest absolute Gasteiger partial charge is 0.489 e. The van der Waals surface area contributed by atoms with Crippen LogP contribution in [0.25, 0.3) is 0 Å². The third kappa shape index (κ3) is 2.94. The van der Waals surface area contributed by atoms with Crippen molar-refractivity contribution >= 4 is 0 Å². The lowest BCUT2D eigenvalue weighted by molar-refractivity contribution is 0.207. The van der Waals surface area contributed by atoms with Gasteiger partial charge in [-0.1, -0.05) is 19.1 Å². The second-order valence-electron chi connectivity index (χ2n) is 3.83. The molecule has 78 valence electrons. The van der Waals surface area contributed by atoms with Crippen molar-refractivity contribution in [3.63, 3.8) is 0 Å². The Morgan fingerprint density at radius 3 is 3.13 bits per heavy atom. The van der Waals surface area contributed by atoms with Crippen molar-refractivity contribution in [2.45, 2.75) is 20.0 Å². The number of nitrogens with zero attached hydrogens (tertiary/aromatic N) is 1. The molecule has 1 unspecified atom stereocenters. The zero-order valence-corrected chi connectivity index (χ0v) is 8.89. The van der Waals surface area contributed by atoms with E-state index in [2.05, 4.69) is 24.1 Å². The van der Waals surface area contributed by atoms with Gasteiger partial charge in [-0.15, -0.1) is 0 Å². The van der Waals surface area contributed by atoms with Gasteiger partial charge in [0.2, 0.25) is 0 Å². The summed E-state index contributed by atoms with van der Waals surface area (Å²) < 4.78 is 5.65. The Labute approximate surface area is 90.3 Å². The summed E-state index contributed by atoms with van der Waals surface area (Å²) in [5.41, 5.74) is 1.10. The van der Waals surface area contributed by atoms with E-state index < -0.39 is 0 Å². The molecule has 0 fully saturated rings. The topological polar surface area (TPSA) is 22.1 Å². The van der Waals surface area contributed by atoms with Crippen molar-refractivity contribution in [3.05, 3.63) is 54.1 Å². The second kappa shape index (κ2) is 4.78. The van der Waals surface area contributed by atoms with E-state index in [9.17, 15) is 0 Å². The quantitative estimate of drug-likeness (QED) is 0.749. The summed E-state index contributed by atoms with van der Waals surface area (Å²) in [7, 11) is 0. The van der Waals surface area contributed by atoms with Crippen molar-refractivity contribution in [2.24, 2.45) is 5.92 Å². The first-order valence-corrected chi connectivity index (χ1v) is 5.24. The van der Waals surface area contributed by atoms with Gasteiger partial charge in [-0.2, -0.15) is 0 Å². The monoisotopic (exact) mass is 201 g/mol. The van der Waals surface area contributed by atoms with Crippen LogP contribution in [0.5, 0.6) is 0 Å². The Bertz CT molecular complexity index is 367. The Balaban J connectivity index is 1.87. The summed E-state index contributed by atoms with van der Waals surface area (Å²) in [6.45, 7) is 2.79. The Morgan fingerprint density at radius 1 is 1.53 bits per heavy atom. The molecule has 2 rings (SSSR count). The molecule has 0 aliphatic heterocycles. The van der Waals surface area contributed by atoms with Crippen LogP contribution in [-0.2, 0) is 11.3 Å². The van der Waals surface area contributed by atoms with Gasteiger partial charge >= 0.3 is 0 Å². The third-order valence-electron chi connectivity index (χ3n) is 2.41. The number of hydrogen-bond acceptors (Lipinski definition) is 2. The van der Waals surface area contributed by atoms with E-state index in [1.54, 1.807) is 6.20 Å². The van der Waals surface area contributed by atoms with E-state index in [0.717, 1.165) is 17.7 Å². The third-order valence-corrected chi connectivity index (χ3v) is 2.41. The normalized spacial score (nSPS) is 19.8. The molecule has 2 nitrogen and oxygen atoms in total. The summed E-state index contributed by atoms with van der Waals surface area (Å²) in [6.07, 6.45) is 11.0. The van der Waals surface area contributed by atoms with Crippen LogP contribution in [0.1, 0.15) is 18.9 Å². The molecule has 0 bridgehead atoms. The highest BCUT2D eigenvalue weighted by Crippen LogP contribution is 2.17. The molecular formula is C13H15NO. The van der Waals surface area contributed by atoms with Gasteiger partial charge in [-0.25, -0.2) is 0 Å². The minimum Gasteiger partial charge on any atom is -0.489 e. The van der Waals surface area contributed by atoms with Crippen molar-refractivity contribution < 1.29 is 4.74 Å². The lowest BCUT2D eigenvalue weighted by atomic mass is 10.0. The van der Waals surface area contributed by atoms with Crippen molar-refractivity contribution in [3.8, 4) is 0 Å². The average Bonchev–Trinajstić information content (AvgIpc) is 2.30. The van der Waals surface area contributed by atoms with Crippen molar-refractivity contribution in [1.29, 1.82) is 0 Å². The molecule has 0 saturated heterocycles. The highest BCUT2D eigenvalue weighted by Gasteiger charge is 2.04. The van der Waals surface area contributed by atoms with Gasteiger partial charge in [0.15, 0.2) is 0 Å². The Morgan fingerprint density at radius 2 is 2.47 bits per heavy atom. The number of pyridine rings is 1. The number of allylic oxidation sites excluding steroid dienone is 3. The van der Waals surface area contributed by atoms with Crippen molar-refractivity contribution in [2.75, 3.05) is 0 Å². The van der Waals surface area contributed by atoms with Crippen LogP contribution in [0.3, 0.4) is 0 Å². The summed E-state index contributed by atoms with van der Waals surface area (Å²) in [5.74, 6) is 1.60. The molecule has 0 aromatic carbocycles. The first-order valence-electron chi connectivity index (χ1n) is 5.24. The van der Waals surface area contributed by atoms with Crippen LogP contribution in [0.2, 0.25) is 0 Å². The van der Waals surface area contributed by atoms with E-state index in [0.29, 0.717) is 12.5 Å². The molecule has 0 amide bonds. The standard InChI is InChI=1S/C13H15NO/c1-11-4-6-13(7-5-11)15-10-12-3-2-8-14-9-12/h2-4,6-9,11H,5,10H2,1H3. The van der Waals surface area contributed by atoms with E-state index in [1.165, 1.54) is 0 Å². The van der Waals surface area contributed by atoms with Crippen molar-refractivity contribution in [1.82, 2.24) is 4.98 Å². The maximum absolute atomic E-state index is 5.65. The molecule has 1 aliphatic carbocycles. The van der Waals surface area contributed by atoms with Gasteiger partial charge in [0.1, 0.15) is 12.4 Å². The van der Waals surface area contributed by atoms with Gasteiger partial charge in [-0.05, 0) is 30.6 Å². The predicted molar refractivity (Wildman–Crippen MR) is 60.0 cm³/mol. The maximum atomic E-state index is 5.65. The highest BCUT2D eigenvalue weighted by molar-refractivity contribution is 5.18. The number of hydrogen-bond donors (Lipinski definition) is 0. The van der Waals surface area contributed by atoms with E-state index in [4.69, 9.17) is 4.74 Å². The summed E-state index contributed by atoms with van der Waals surface area (Å²) in [5, 5.41) is 0. The molecule has 0 N–H and O–H groups in total. The fraction of sp³-hybridized carbons (Fsp3) is 0.308. The molecule has 0 radical (unpaired) electrons. The van der Waals surface area contributed by atoms with Gasteiger partial charge in [-0.3, -0.25) is 4.98 Å². The van der Waals surface area contributed by atoms with E-state index >= 15 is 0 Å². The lowest BCUT2D eigenvalue weighted by Gasteiger charge is -2.12.